The van der Waals surface area contributed by atoms with E-state index >= 15 is 0 Å². The fraction of sp³-hybridized carbons (Fsp3) is 0. The number of rotatable bonds is 2. The average Bonchev–Trinajstić information content (AvgIpc) is 3.00. The van der Waals surface area contributed by atoms with Crippen molar-refractivity contribution in [2.75, 3.05) is 5.73 Å². The van der Waals surface area contributed by atoms with Crippen LogP contribution in [0.4, 0.5) is 5.82 Å². The number of nitrogens with zero attached hydrogens (tertiary/aromatic N) is 3. The van der Waals surface area contributed by atoms with Crippen LogP contribution in [0.15, 0.2) is 41.9 Å². The smallest absolute Gasteiger partial charge is 0.142 e. The number of nitriles is 1. The maximum absolute atomic E-state index is 9.30. The van der Waals surface area contributed by atoms with Crippen molar-refractivity contribution in [2.45, 2.75) is 0 Å². The van der Waals surface area contributed by atoms with E-state index in [9.17, 15) is 5.26 Å². The lowest BCUT2D eigenvalue weighted by atomic mass is 10.0. The third kappa shape index (κ3) is 2.59. The van der Waals surface area contributed by atoms with Crippen molar-refractivity contribution in [3.05, 3.63) is 52.5 Å². The van der Waals surface area contributed by atoms with E-state index in [0.29, 0.717) is 16.3 Å². The maximum Gasteiger partial charge on any atom is 0.142 e. The highest BCUT2D eigenvalue weighted by Crippen LogP contribution is 2.32. The van der Waals surface area contributed by atoms with Gasteiger partial charge in [0.1, 0.15) is 17.5 Å². The molecule has 102 valence electrons. The second kappa shape index (κ2) is 5.52. The van der Waals surface area contributed by atoms with Crippen LogP contribution in [0.25, 0.3) is 22.4 Å². The van der Waals surface area contributed by atoms with Gasteiger partial charge in [-0.05, 0) is 29.7 Å². The molecule has 0 saturated carbocycles. The minimum absolute atomic E-state index is 0.205. The highest BCUT2D eigenvalue weighted by atomic mass is 35.5. The van der Waals surface area contributed by atoms with Crippen LogP contribution in [0.2, 0.25) is 5.02 Å². The van der Waals surface area contributed by atoms with E-state index in [1.165, 1.54) is 11.5 Å². The molecule has 0 radical (unpaired) electrons. The summed E-state index contributed by atoms with van der Waals surface area (Å²) in [7, 11) is 0. The van der Waals surface area contributed by atoms with Crippen molar-refractivity contribution < 1.29 is 0 Å². The number of halogens is 1. The van der Waals surface area contributed by atoms with Crippen LogP contribution >= 0.6 is 23.1 Å². The summed E-state index contributed by atoms with van der Waals surface area (Å²) in [6.45, 7) is 0. The number of hydrogen-bond acceptors (Lipinski definition) is 5. The first-order valence-corrected chi connectivity index (χ1v) is 7.27. The first kappa shape index (κ1) is 13.6. The summed E-state index contributed by atoms with van der Waals surface area (Å²) >= 11 is 7.33. The van der Waals surface area contributed by atoms with E-state index < -0.39 is 0 Å². The lowest BCUT2D eigenvalue weighted by Crippen LogP contribution is -1.99. The summed E-state index contributed by atoms with van der Waals surface area (Å²) in [4.78, 5) is 4.31. The molecule has 2 N–H and O–H groups in total. The summed E-state index contributed by atoms with van der Waals surface area (Å²) in [6.07, 6.45) is 1.71. The highest BCUT2D eigenvalue weighted by Gasteiger charge is 2.14. The minimum atomic E-state index is 0.205. The Bertz CT molecular complexity index is 837. The van der Waals surface area contributed by atoms with Crippen molar-refractivity contribution in [2.24, 2.45) is 0 Å². The second-order valence-corrected chi connectivity index (χ2v) is 5.44. The van der Waals surface area contributed by atoms with Crippen LogP contribution in [0, 0.1) is 11.3 Å². The topological polar surface area (TPSA) is 75.6 Å². The number of nitrogen functional groups attached to an aromatic ring is 1. The Labute approximate surface area is 130 Å². The van der Waals surface area contributed by atoms with Gasteiger partial charge in [-0.15, -0.1) is 0 Å². The molecule has 0 unspecified atom stereocenters. The molecule has 0 amide bonds. The maximum atomic E-state index is 9.30. The quantitative estimate of drug-likeness (QED) is 0.776. The van der Waals surface area contributed by atoms with Crippen molar-refractivity contribution in [3.8, 4) is 28.5 Å². The Morgan fingerprint density at radius 3 is 2.76 bits per heavy atom. The normalized spacial score (nSPS) is 10.3. The van der Waals surface area contributed by atoms with Crippen molar-refractivity contribution >= 4 is 29.0 Å². The minimum Gasteiger partial charge on any atom is -0.383 e. The van der Waals surface area contributed by atoms with E-state index in [2.05, 4.69) is 15.4 Å². The Kier molecular flexibility index (Phi) is 3.57. The Balaban J connectivity index is 2.23. The van der Waals surface area contributed by atoms with Crippen molar-refractivity contribution in [1.82, 2.24) is 9.36 Å². The van der Waals surface area contributed by atoms with Crippen LogP contribution in [0.3, 0.4) is 0 Å². The third-order valence-corrected chi connectivity index (χ3v) is 3.84. The van der Waals surface area contributed by atoms with Gasteiger partial charge in [-0.25, -0.2) is 9.36 Å². The molecule has 2 aromatic heterocycles. The predicted octanol–water partition coefficient (Wildman–Crippen LogP) is 3.98. The summed E-state index contributed by atoms with van der Waals surface area (Å²) in [5.41, 5.74) is 9.40. The molecule has 0 fully saturated rings. The van der Waals surface area contributed by atoms with Gasteiger partial charge in [-0.2, -0.15) is 5.26 Å². The standard InChI is InChI=1S/C15H9ClN4S/c16-11-3-1-2-9(4-11)14-5-12(10-7-19-21-8-10)13(6-17)15(18)20-14/h1-5,7-8H,(H2,18,20). The number of nitrogens with two attached hydrogens (primary N) is 1. The molecule has 3 aromatic rings. The average molecular weight is 313 g/mol. The van der Waals surface area contributed by atoms with E-state index in [-0.39, 0.29) is 5.82 Å². The fourth-order valence-corrected chi connectivity index (χ4v) is 2.77. The molecule has 1 aromatic carbocycles. The molecule has 0 atom stereocenters. The predicted molar refractivity (Wildman–Crippen MR) is 84.9 cm³/mol. The molecule has 2 heterocycles. The number of benzene rings is 1. The van der Waals surface area contributed by atoms with E-state index in [0.717, 1.165) is 16.7 Å². The molecule has 0 bridgehead atoms. The monoisotopic (exact) mass is 312 g/mol. The molecule has 0 aliphatic rings. The van der Waals surface area contributed by atoms with Gasteiger partial charge in [-0.1, -0.05) is 23.7 Å². The van der Waals surface area contributed by atoms with Gasteiger partial charge >= 0.3 is 0 Å². The summed E-state index contributed by atoms with van der Waals surface area (Å²) < 4.78 is 4.07. The molecule has 6 heteroatoms. The van der Waals surface area contributed by atoms with Crippen molar-refractivity contribution in [3.63, 3.8) is 0 Å². The van der Waals surface area contributed by atoms with E-state index in [1.54, 1.807) is 12.3 Å². The number of aromatic nitrogens is 2. The van der Waals surface area contributed by atoms with E-state index in [1.807, 2.05) is 29.6 Å². The summed E-state index contributed by atoms with van der Waals surface area (Å²) in [5.74, 6) is 0.205. The molecule has 3 rings (SSSR count). The largest absolute Gasteiger partial charge is 0.383 e. The zero-order valence-corrected chi connectivity index (χ0v) is 12.3. The first-order chi connectivity index (χ1) is 10.2. The Morgan fingerprint density at radius 2 is 2.10 bits per heavy atom. The first-order valence-electron chi connectivity index (χ1n) is 6.05. The number of pyridine rings is 1. The third-order valence-electron chi connectivity index (χ3n) is 3.02. The van der Waals surface area contributed by atoms with E-state index in [4.69, 9.17) is 17.3 Å². The van der Waals surface area contributed by atoms with Gasteiger partial charge in [0.05, 0.1) is 5.69 Å². The lowest BCUT2D eigenvalue weighted by Gasteiger charge is -2.09. The van der Waals surface area contributed by atoms with Crippen LogP contribution in [-0.2, 0) is 0 Å². The molecule has 0 aliphatic carbocycles. The molecule has 4 nitrogen and oxygen atoms in total. The zero-order valence-electron chi connectivity index (χ0n) is 10.7. The van der Waals surface area contributed by atoms with Gasteiger partial charge in [0, 0.05) is 33.3 Å². The second-order valence-electron chi connectivity index (χ2n) is 4.35. The lowest BCUT2D eigenvalue weighted by molar-refractivity contribution is 1.31. The van der Waals surface area contributed by atoms with Crippen LogP contribution in [0.1, 0.15) is 5.56 Å². The summed E-state index contributed by atoms with van der Waals surface area (Å²) in [5, 5.41) is 11.8. The molecule has 0 aliphatic heterocycles. The molecule has 0 saturated heterocycles. The molecular formula is C15H9ClN4S. The summed E-state index contributed by atoms with van der Waals surface area (Å²) in [6, 6.07) is 11.3. The van der Waals surface area contributed by atoms with Crippen molar-refractivity contribution in [1.29, 1.82) is 5.26 Å². The van der Waals surface area contributed by atoms with Crippen LogP contribution in [-0.4, -0.2) is 9.36 Å². The Hall–Kier alpha value is -2.42. The number of hydrogen-bond donors (Lipinski definition) is 1. The molecular weight excluding hydrogens is 304 g/mol. The van der Waals surface area contributed by atoms with Gasteiger partial charge in [0.2, 0.25) is 0 Å². The highest BCUT2D eigenvalue weighted by molar-refractivity contribution is 7.03. The van der Waals surface area contributed by atoms with Gasteiger partial charge in [0.15, 0.2) is 0 Å². The van der Waals surface area contributed by atoms with Gasteiger partial charge in [0.25, 0.3) is 0 Å². The molecule has 21 heavy (non-hydrogen) atoms. The zero-order chi connectivity index (χ0) is 14.8. The fourth-order valence-electron chi connectivity index (χ4n) is 2.04. The Morgan fingerprint density at radius 1 is 1.24 bits per heavy atom. The van der Waals surface area contributed by atoms with Gasteiger partial charge < -0.3 is 5.73 Å². The SMILES string of the molecule is N#Cc1c(-c2cnsc2)cc(-c2cccc(Cl)c2)nc1N. The van der Waals surface area contributed by atoms with Crippen LogP contribution < -0.4 is 5.73 Å². The van der Waals surface area contributed by atoms with Gasteiger partial charge in [-0.3, -0.25) is 0 Å². The van der Waals surface area contributed by atoms with Crippen LogP contribution in [0.5, 0.6) is 0 Å². The molecule has 0 spiro atoms. The number of anilines is 1.